The van der Waals surface area contributed by atoms with Crippen LogP contribution >= 0.6 is 0 Å². The highest BCUT2D eigenvalue weighted by atomic mass is 19.4. The van der Waals surface area contributed by atoms with Gasteiger partial charge in [-0.15, -0.1) is 0 Å². The summed E-state index contributed by atoms with van der Waals surface area (Å²) >= 11 is 0. The van der Waals surface area contributed by atoms with Crippen LogP contribution < -0.4 is 5.32 Å². The Labute approximate surface area is 172 Å². The summed E-state index contributed by atoms with van der Waals surface area (Å²) in [5.74, 6) is 0.0845. The van der Waals surface area contributed by atoms with E-state index < -0.39 is 17.8 Å². The number of H-pyrrole nitrogens is 1. The van der Waals surface area contributed by atoms with Crippen molar-refractivity contribution in [3.05, 3.63) is 53.1 Å². The van der Waals surface area contributed by atoms with Crippen molar-refractivity contribution in [2.24, 2.45) is 0 Å². The number of rotatable bonds is 6. The van der Waals surface area contributed by atoms with Gasteiger partial charge in [-0.1, -0.05) is 18.2 Å². The molecule has 1 aromatic carbocycles. The fraction of sp³-hybridized carbons (Fsp3) is 0.450. The van der Waals surface area contributed by atoms with Crippen molar-refractivity contribution in [1.82, 2.24) is 25.1 Å². The van der Waals surface area contributed by atoms with E-state index in [2.05, 4.69) is 15.3 Å². The van der Waals surface area contributed by atoms with E-state index in [0.717, 1.165) is 17.8 Å². The zero-order valence-corrected chi connectivity index (χ0v) is 16.8. The Morgan fingerprint density at radius 2 is 2.13 bits per heavy atom. The standard InChI is InChI=1S/C20H24F3N5O2/c1-13-10-25-17(26-13)12-27(2)18(29)9-16-19(30)24-6-7-28(16)11-14-4-3-5-15(8-14)20(21,22)23/h3-5,8,10,16H,6-7,9,11-12H2,1-2H3,(H,24,30)(H,25,26)/t16-/m1/s1. The number of nitrogens with one attached hydrogen (secondary N) is 2. The summed E-state index contributed by atoms with van der Waals surface area (Å²) in [6.07, 6.45) is -2.84. The molecule has 1 atom stereocenters. The first-order chi connectivity index (χ1) is 14.1. The molecular formula is C20H24F3N5O2. The van der Waals surface area contributed by atoms with E-state index in [-0.39, 0.29) is 31.3 Å². The Morgan fingerprint density at radius 3 is 2.80 bits per heavy atom. The zero-order chi connectivity index (χ0) is 21.9. The number of piperazine rings is 1. The highest BCUT2D eigenvalue weighted by molar-refractivity contribution is 5.88. The molecule has 1 aliphatic heterocycles. The van der Waals surface area contributed by atoms with Crippen molar-refractivity contribution in [2.75, 3.05) is 20.1 Å². The molecule has 0 spiro atoms. The Kier molecular flexibility index (Phi) is 6.45. The maximum Gasteiger partial charge on any atom is 0.416 e. The molecule has 2 aromatic rings. The number of nitrogens with zero attached hydrogens (tertiary/aromatic N) is 3. The molecule has 2 heterocycles. The van der Waals surface area contributed by atoms with Crippen LogP contribution in [0.15, 0.2) is 30.5 Å². The third kappa shape index (κ3) is 5.38. The highest BCUT2D eigenvalue weighted by Gasteiger charge is 2.34. The summed E-state index contributed by atoms with van der Waals surface area (Å²) in [7, 11) is 1.62. The Bertz CT molecular complexity index is 912. The van der Waals surface area contributed by atoms with E-state index in [4.69, 9.17) is 0 Å². The molecule has 0 radical (unpaired) electrons. The van der Waals surface area contributed by atoms with Gasteiger partial charge in [0.15, 0.2) is 0 Å². The van der Waals surface area contributed by atoms with Crippen LogP contribution in [0.25, 0.3) is 0 Å². The second kappa shape index (κ2) is 8.86. The quantitative estimate of drug-likeness (QED) is 0.746. The number of aromatic nitrogens is 2. The lowest BCUT2D eigenvalue weighted by Gasteiger charge is -2.35. The predicted molar refractivity (Wildman–Crippen MR) is 103 cm³/mol. The number of carbonyl (C=O) groups is 2. The maximum absolute atomic E-state index is 13.0. The number of aryl methyl sites for hydroxylation is 1. The maximum atomic E-state index is 13.0. The molecule has 1 aliphatic rings. The van der Waals surface area contributed by atoms with Crippen LogP contribution in [0.2, 0.25) is 0 Å². The monoisotopic (exact) mass is 423 g/mol. The van der Waals surface area contributed by atoms with Crippen molar-refractivity contribution < 1.29 is 22.8 Å². The minimum Gasteiger partial charge on any atom is -0.353 e. The smallest absolute Gasteiger partial charge is 0.353 e. The number of carbonyl (C=O) groups excluding carboxylic acids is 2. The predicted octanol–water partition coefficient (Wildman–Crippen LogP) is 2.09. The van der Waals surface area contributed by atoms with Crippen molar-refractivity contribution in [2.45, 2.75) is 38.7 Å². The first kappa shape index (κ1) is 21.8. The topological polar surface area (TPSA) is 81.3 Å². The SMILES string of the molecule is Cc1cnc(CN(C)C(=O)C[C@@H]2C(=O)NCCN2Cc2cccc(C(F)(F)F)c2)[nH]1. The molecule has 1 saturated heterocycles. The average molecular weight is 423 g/mol. The van der Waals surface area contributed by atoms with Gasteiger partial charge in [-0.25, -0.2) is 4.98 Å². The van der Waals surface area contributed by atoms with Gasteiger partial charge in [-0.2, -0.15) is 13.2 Å². The van der Waals surface area contributed by atoms with Gasteiger partial charge < -0.3 is 15.2 Å². The van der Waals surface area contributed by atoms with Crippen LogP contribution in [0, 0.1) is 6.92 Å². The number of benzene rings is 1. The van der Waals surface area contributed by atoms with Gasteiger partial charge in [0.25, 0.3) is 0 Å². The molecular weight excluding hydrogens is 399 g/mol. The molecule has 0 aliphatic carbocycles. The van der Waals surface area contributed by atoms with Gasteiger partial charge in [-0.3, -0.25) is 14.5 Å². The van der Waals surface area contributed by atoms with Crippen LogP contribution in [-0.2, 0) is 28.9 Å². The van der Waals surface area contributed by atoms with Crippen molar-refractivity contribution in [1.29, 1.82) is 0 Å². The van der Waals surface area contributed by atoms with E-state index in [9.17, 15) is 22.8 Å². The highest BCUT2D eigenvalue weighted by Crippen LogP contribution is 2.30. The second-order valence-corrected chi connectivity index (χ2v) is 7.44. The lowest BCUT2D eigenvalue weighted by molar-refractivity contribution is -0.138. The number of alkyl halides is 3. The molecule has 30 heavy (non-hydrogen) atoms. The van der Waals surface area contributed by atoms with Crippen molar-refractivity contribution >= 4 is 11.8 Å². The van der Waals surface area contributed by atoms with Gasteiger partial charge in [0, 0.05) is 38.6 Å². The molecule has 1 fully saturated rings. The molecule has 10 heteroatoms. The second-order valence-electron chi connectivity index (χ2n) is 7.44. The molecule has 0 unspecified atom stereocenters. The Balaban J connectivity index is 1.68. The van der Waals surface area contributed by atoms with Gasteiger partial charge in [0.2, 0.25) is 11.8 Å². The van der Waals surface area contributed by atoms with Crippen LogP contribution in [0.1, 0.15) is 29.1 Å². The fourth-order valence-corrected chi connectivity index (χ4v) is 3.44. The normalized spacial score (nSPS) is 17.6. The molecule has 3 rings (SSSR count). The van der Waals surface area contributed by atoms with Gasteiger partial charge in [0.1, 0.15) is 5.82 Å². The lowest BCUT2D eigenvalue weighted by atomic mass is 10.0. The summed E-state index contributed by atoms with van der Waals surface area (Å²) in [4.78, 5) is 35.5. The van der Waals surface area contributed by atoms with Crippen molar-refractivity contribution in [3.63, 3.8) is 0 Å². The van der Waals surface area contributed by atoms with E-state index in [0.29, 0.717) is 24.5 Å². The number of hydrogen-bond acceptors (Lipinski definition) is 4. The molecule has 0 saturated carbocycles. The summed E-state index contributed by atoms with van der Waals surface area (Å²) in [6, 6.07) is 4.28. The molecule has 2 N–H and O–H groups in total. The van der Waals surface area contributed by atoms with Gasteiger partial charge in [-0.05, 0) is 18.6 Å². The number of hydrogen-bond donors (Lipinski definition) is 2. The van der Waals surface area contributed by atoms with Crippen LogP contribution in [0.3, 0.4) is 0 Å². The first-order valence-corrected chi connectivity index (χ1v) is 9.56. The van der Waals surface area contributed by atoms with Gasteiger partial charge in [0.05, 0.1) is 24.6 Å². The molecule has 1 aromatic heterocycles. The fourth-order valence-electron chi connectivity index (χ4n) is 3.44. The van der Waals surface area contributed by atoms with Gasteiger partial charge >= 0.3 is 6.18 Å². The summed E-state index contributed by atoms with van der Waals surface area (Å²) in [5, 5.41) is 2.73. The largest absolute Gasteiger partial charge is 0.416 e. The first-order valence-electron chi connectivity index (χ1n) is 9.56. The lowest BCUT2D eigenvalue weighted by Crippen LogP contribution is -2.56. The Morgan fingerprint density at radius 1 is 1.37 bits per heavy atom. The number of halogens is 3. The minimum absolute atomic E-state index is 0.0685. The average Bonchev–Trinajstić information content (AvgIpc) is 3.08. The van der Waals surface area contributed by atoms with Crippen molar-refractivity contribution in [3.8, 4) is 0 Å². The summed E-state index contributed by atoms with van der Waals surface area (Å²) in [5.41, 5.74) is 0.587. The summed E-state index contributed by atoms with van der Waals surface area (Å²) in [6.45, 7) is 3.10. The Hall–Kier alpha value is -2.88. The van der Waals surface area contributed by atoms with E-state index >= 15 is 0 Å². The molecule has 7 nitrogen and oxygen atoms in total. The molecule has 2 amide bonds. The zero-order valence-electron chi connectivity index (χ0n) is 16.8. The van der Waals surface area contributed by atoms with E-state index in [1.165, 1.54) is 11.0 Å². The van der Waals surface area contributed by atoms with Crippen LogP contribution in [-0.4, -0.2) is 57.8 Å². The minimum atomic E-state index is -4.43. The molecule has 0 bridgehead atoms. The molecule has 162 valence electrons. The summed E-state index contributed by atoms with van der Waals surface area (Å²) < 4.78 is 39.0. The number of amides is 2. The van der Waals surface area contributed by atoms with Crippen LogP contribution in [0.5, 0.6) is 0 Å². The number of imidazole rings is 1. The number of aromatic amines is 1. The third-order valence-corrected chi connectivity index (χ3v) is 5.02. The van der Waals surface area contributed by atoms with E-state index in [1.807, 2.05) is 6.92 Å². The van der Waals surface area contributed by atoms with Crippen LogP contribution in [0.4, 0.5) is 13.2 Å². The third-order valence-electron chi connectivity index (χ3n) is 5.02. The van der Waals surface area contributed by atoms with E-state index in [1.54, 1.807) is 24.2 Å².